The van der Waals surface area contributed by atoms with E-state index in [1.54, 1.807) is 12.1 Å². The van der Waals surface area contributed by atoms with Gasteiger partial charge in [-0.3, -0.25) is 19.7 Å². The molecule has 3 rings (SSSR count). The van der Waals surface area contributed by atoms with Crippen LogP contribution in [0.25, 0.3) is 11.1 Å². The molecule has 10 heteroatoms. The van der Waals surface area contributed by atoms with Crippen LogP contribution in [-0.4, -0.2) is 38.0 Å². The van der Waals surface area contributed by atoms with Crippen molar-refractivity contribution in [1.29, 1.82) is 5.26 Å². The van der Waals surface area contributed by atoms with E-state index in [4.69, 9.17) is 5.11 Å². The van der Waals surface area contributed by atoms with Gasteiger partial charge >= 0.3 is 5.97 Å². The van der Waals surface area contributed by atoms with Crippen molar-refractivity contribution in [2.75, 3.05) is 5.32 Å². The summed E-state index contributed by atoms with van der Waals surface area (Å²) < 4.78 is 0. The van der Waals surface area contributed by atoms with Crippen LogP contribution in [0.4, 0.5) is 5.95 Å². The maximum atomic E-state index is 12.4. The van der Waals surface area contributed by atoms with Gasteiger partial charge in [-0.05, 0) is 22.8 Å². The van der Waals surface area contributed by atoms with Crippen molar-refractivity contribution in [3.05, 3.63) is 71.4 Å². The van der Waals surface area contributed by atoms with Crippen molar-refractivity contribution in [2.45, 2.75) is 19.4 Å². The molecular formula is C23H19N5O5. The highest BCUT2D eigenvalue weighted by molar-refractivity contribution is 5.96. The van der Waals surface area contributed by atoms with Crippen LogP contribution in [-0.2, 0) is 16.1 Å². The fourth-order valence-electron chi connectivity index (χ4n) is 2.91. The van der Waals surface area contributed by atoms with Gasteiger partial charge in [0.2, 0.25) is 17.7 Å². The molecule has 0 spiro atoms. The summed E-state index contributed by atoms with van der Waals surface area (Å²) in [6.07, 6.45) is 0.430. The Labute approximate surface area is 188 Å². The first-order valence-corrected chi connectivity index (χ1v) is 9.81. The quantitative estimate of drug-likeness (QED) is 0.410. The van der Waals surface area contributed by atoms with Crippen LogP contribution in [0.3, 0.4) is 0 Å². The van der Waals surface area contributed by atoms with Crippen molar-refractivity contribution in [1.82, 2.24) is 15.3 Å². The Morgan fingerprint density at radius 2 is 1.76 bits per heavy atom. The number of nitrogens with one attached hydrogen (secondary N) is 2. The minimum atomic E-state index is -1.12. The van der Waals surface area contributed by atoms with Crippen molar-refractivity contribution < 1.29 is 24.6 Å². The Morgan fingerprint density at radius 1 is 1.03 bits per heavy atom. The molecule has 0 unspecified atom stereocenters. The number of nitrogens with zero attached hydrogens (tertiary/aromatic N) is 3. The van der Waals surface area contributed by atoms with Crippen LogP contribution < -0.4 is 10.6 Å². The molecule has 33 heavy (non-hydrogen) atoms. The second kappa shape index (κ2) is 10.5. The normalized spacial score (nSPS) is 10.2. The van der Waals surface area contributed by atoms with Crippen LogP contribution in [0.15, 0.2) is 54.7 Å². The van der Waals surface area contributed by atoms with E-state index < -0.39 is 23.7 Å². The van der Waals surface area contributed by atoms with Gasteiger partial charge in [-0.1, -0.05) is 42.5 Å². The third-order valence-corrected chi connectivity index (χ3v) is 4.60. The van der Waals surface area contributed by atoms with Crippen LogP contribution >= 0.6 is 0 Å². The van der Waals surface area contributed by atoms with Gasteiger partial charge < -0.3 is 15.5 Å². The molecule has 10 nitrogen and oxygen atoms in total. The Balaban J connectivity index is 1.60. The number of nitriles is 1. The Kier molecular flexibility index (Phi) is 7.28. The molecule has 166 valence electrons. The Morgan fingerprint density at radius 3 is 2.42 bits per heavy atom. The zero-order valence-electron chi connectivity index (χ0n) is 17.3. The van der Waals surface area contributed by atoms with E-state index in [1.165, 1.54) is 0 Å². The number of hydrogen-bond acceptors (Lipinski definition) is 7. The summed E-state index contributed by atoms with van der Waals surface area (Å²) in [6, 6.07) is 16.7. The van der Waals surface area contributed by atoms with Gasteiger partial charge in [0.15, 0.2) is 0 Å². The maximum Gasteiger partial charge on any atom is 0.303 e. The predicted octanol–water partition coefficient (Wildman–Crippen LogP) is 2.45. The third-order valence-electron chi connectivity index (χ3n) is 4.60. The second-order valence-electron chi connectivity index (χ2n) is 6.91. The highest BCUT2D eigenvalue weighted by atomic mass is 16.4. The SMILES string of the molecule is N#Cc1ccccc1-c1ccc(CNC(=O)c2cnc(NC(=O)CCC(=O)O)nc2O)cc1. The van der Waals surface area contributed by atoms with E-state index in [1.807, 2.05) is 36.4 Å². The lowest BCUT2D eigenvalue weighted by molar-refractivity contribution is -0.138. The summed E-state index contributed by atoms with van der Waals surface area (Å²) in [5.74, 6) is -3.24. The summed E-state index contributed by atoms with van der Waals surface area (Å²) in [6.45, 7) is 0.173. The molecule has 0 saturated carbocycles. The van der Waals surface area contributed by atoms with Gasteiger partial charge in [-0.15, -0.1) is 0 Å². The molecule has 0 saturated heterocycles. The second-order valence-corrected chi connectivity index (χ2v) is 6.91. The maximum absolute atomic E-state index is 12.4. The molecule has 3 aromatic rings. The number of carbonyl (C=O) groups is 3. The molecule has 4 N–H and O–H groups in total. The van der Waals surface area contributed by atoms with Crippen molar-refractivity contribution in [3.63, 3.8) is 0 Å². The number of carbonyl (C=O) groups excluding carboxylic acids is 2. The number of carboxylic acid groups (broad SMARTS) is 1. The zero-order valence-corrected chi connectivity index (χ0v) is 17.3. The number of aromatic nitrogens is 2. The van der Waals surface area contributed by atoms with Crippen LogP contribution in [0.1, 0.15) is 34.3 Å². The molecule has 0 aliphatic heterocycles. The smallest absolute Gasteiger partial charge is 0.303 e. The third kappa shape index (κ3) is 6.11. The van der Waals surface area contributed by atoms with Gasteiger partial charge in [-0.25, -0.2) is 4.98 Å². The van der Waals surface area contributed by atoms with Crippen molar-refractivity contribution in [2.24, 2.45) is 0 Å². The van der Waals surface area contributed by atoms with Crippen molar-refractivity contribution >= 4 is 23.7 Å². The summed E-state index contributed by atoms with van der Waals surface area (Å²) in [7, 11) is 0. The van der Waals surface area contributed by atoms with Gasteiger partial charge in [0.05, 0.1) is 18.1 Å². The number of aromatic hydroxyl groups is 1. The monoisotopic (exact) mass is 445 g/mol. The number of hydrogen-bond donors (Lipinski definition) is 4. The molecule has 1 aromatic heterocycles. The van der Waals surface area contributed by atoms with Crippen LogP contribution in [0, 0.1) is 11.3 Å². The van der Waals surface area contributed by atoms with Gasteiger partial charge in [0.25, 0.3) is 5.91 Å². The molecule has 0 aliphatic rings. The molecule has 0 fully saturated rings. The minimum absolute atomic E-state index is 0.173. The molecule has 1 heterocycles. The van der Waals surface area contributed by atoms with E-state index in [0.29, 0.717) is 5.56 Å². The van der Waals surface area contributed by atoms with E-state index in [0.717, 1.165) is 22.9 Å². The van der Waals surface area contributed by atoms with E-state index in [9.17, 15) is 24.8 Å². The van der Waals surface area contributed by atoms with Crippen LogP contribution in [0.2, 0.25) is 0 Å². The average Bonchev–Trinajstić information content (AvgIpc) is 2.81. The Hall–Kier alpha value is -4.78. The number of aliphatic carboxylic acids is 1. The topological polar surface area (TPSA) is 165 Å². The lowest BCUT2D eigenvalue weighted by atomic mass is 9.99. The molecule has 0 atom stereocenters. The fraction of sp³-hybridized carbons (Fsp3) is 0.130. The summed E-state index contributed by atoms with van der Waals surface area (Å²) in [5, 5.41) is 32.7. The standard InChI is InChI=1S/C23H19N5O5/c24-11-16-3-1-2-4-17(16)15-7-5-14(6-8-15)12-25-21(32)18-13-26-23(28-22(18)33)27-19(29)9-10-20(30)31/h1-8,13H,9-10,12H2,(H,25,32)(H,30,31)(H2,26,27,28,29,33). The summed E-state index contributed by atoms with van der Waals surface area (Å²) in [5.41, 5.74) is 2.86. The largest absolute Gasteiger partial charge is 0.493 e. The van der Waals surface area contributed by atoms with E-state index >= 15 is 0 Å². The zero-order chi connectivity index (χ0) is 23.8. The highest BCUT2D eigenvalue weighted by Crippen LogP contribution is 2.23. The number of rotatable bonds is 8. The average molecular weight is 445 g/mol. The lowest BCUT2D eigenvalue weighted by Gasteiger charge is -2.09. The molecule has 0 aliphatic carbocycles. The van der Waals surface area contributed by atoms with E-state index in [2.05, 4.69) is 26.7 Å². The first kappa shape index (κ1) is 22.9. The van der Waals surface area contributed by atoms with E-state index in [-0.39, 0.29) is 30.9 Å². The first-order chi connectivity index (χ1) is 15.9. The summed E-state index contributed by atoms with van der Waals surface area (Å²) in [4.78, 5) is 42.0. The molecule has 0 radical (unpaired) electrons. The number of amides is 2. The molecule has 2 aromatic carbocycles. The van der Waals surface area contributed by atoms with Gasteiger partial charge in [0.1, 0.15) is 5.56 Å². The van der Waals surface area contributed by atoms with Crippen LogP contribution in [0.5, 0.6) is 5.88 Å². The Bertz CT molecular complexity index is 1230. The minimum Gasteiger partial charge on any atom is -0.493 e. The van der Waals surface area contributed by atoms with Gasteiger partial charge in [0, 0.05) is 19.2 Å². The molecule has 0 bridgehead atoms. The molecule has 2 amide bonds. The number of carboxylic acids is 1. The lowest BCUT2D eigenvalue weighted by Crippen LogP contribution is -2.23. The molecular weight excluding hydrogens is 426 g/mol. The predicted molar refractivity (Wildman–Crippen MR) is 117 cm³/mol. The highest BCUT2D eigenvalue weighted by Gasteiger charge is 2.15. The summed E-state index contributed by atoms with van der Waals surface area (Å²) >= 11 is 0. The first-order valence-electron chi connectivity index (χ1n) is 9.81. The van der Waals surface area contributed by atoms with Crippen molar-refractivity contribution in [3.8, 4) is 23.1 Å². The van der Waals surface area contributed by atoms with Gasteiger partial charge in [-0.2, -0.15) is 10.2 Å². The number of anilines is 1. The number of benzene rings is 2. The fourth-order valence-corrected chi connectivity index (χ4v) is 2.91.